The number of ether oxygens (including phenoxy) is 1. The van der Waals surface area contributed by atoms with Crippen LogP contribution in [0.1, 0.15) is 24.6 Å². The minimum absolute atomic E-state index is 0.0395. The van der Waals surface area contributed by atoms with Crippen molar-refractivity contribution in [3.05, 3.63) is 46.7 Å². The second-order valence-electron chi connectivity index (χ2n) is 5.72. The molecule has 1 N–H and O–H groups in total. The van der Waals surface area contributed by atoms with Crippen molar-refractivity contribution in [3.63, 3.8) is 0 Å². The van der Waals surface area contributed by atoms with Gasteiger partial charge < -0.3 is 10.1 Å². The topological polar surface area (TPSA) is 41.6 Å². The van der Waals surface area contributed by atoms with Crippen molar-refractivity contribution in [1.82, 2.24) is 4.90 Å². The molecule has 0 atom stereocenters. The summed E-state index contributed by atoms with van der Waals surface area (Å²) in [5.41, 5.74) is 0.810. The molecule has 0 radical (unpaired) electrons. The molecule has 2 aromatic rings. The Kier molecular flexibility index (Phi) is 5.31. The molecule has 1 fully saturated rings. The lowest BCUT2D eigenvalue weighted by Crippen LogP contribution is -2.34. The molecule has 0 saturated heterocycles. The van der Waals surface area contributed by atoms with Crippen LogP contribution in [0.4, 0.5) is 5.69 Å². The van der Waals surface area contributed by atoms with Crippen molar-refractivity contribution in [2.45, 2.75) is 32.4 Å². The molecule has 1 saturated carbocycles. The highest BCUT2D eigenvalue weighted by Gasteiger charge is 2.30. The Labute approximate surface area is 141 Å². The van der Waals surface area contributed by atoms with Gasteiger partial charge in [0.15, 0.2) is 0 Å². The van der Waals surface area contributed by atoms with Crippen molar-refractivity contribution in [1.29, 1.82) is 0 Å². The van der Waals surface area contributed by atoms with Gasteiger partial charge in [-0.2, -0.15) is 0 Å². The van der Waals surface area contributed by atoms with E-state index in [1.807, 2.05) is 31.2 Å². The van der Waals surface area contributed by atoms with Crippen molar-refractivity contribution in [2.75, 3.05) is 18.5 Å². The number of amides is 1. The van der Waals surface area contributed by atoms with E-state index in [0.29, 0.717) is 19.2 Å². The number of thiophene rings is 1. The average Bonchev–Trinajstić information content (AvgIpc) is 3.27. The number of rotatable bonds is 8. The molecular weight excluding hydrogens is 308 g/mol. The van der Waals surface area contributed by atoms with E-state index in [1.54, 1.807) is 11.3 Å². The molecule has 0 aliphatic heterocycles. The van der Waals surface area contributed by atoms with Gasteiger partial charge in [0, 0.05) is 23.2 Å². The third-order valence-corrected chi connectivity index (χ3v) is 4.66. The summed E-state index contributed by atoms with van der Waals surface area (Å²) in [6, 6.07) is 12.3. The molecular formula is C18H22N2O2S. The zero-order valence-corrected chi connectivity index (χ0v) is 14.1. The molecule has 5 heteroatoms. The fourth-order valence-corrected chi connectivity index (χ4v) is 3.27. The smallest absolute Gasteiger partial charge is 0.238 e. The first-order valence-corrected chi connectivity index (χ1v) is 8.91. The van der Waals surface area contributed by atoms with E-state index in [4.69, 9.17) is 4.74 Å². The fourth-order valence-electron chi connectivity index (χ4n) is 2.54. The minimum Gasteiger partial charge on any atom is -0.494 e. The van der Waals surface area contributed by atoms with Gasteiger partial charge in [0.2, 0.25) is 5.91 Å². The molecule has 4 nitrogen and oxygen atoms in total. The van der Waals surface area contributed by atoms with E-state index < -0.39 is 0 Å². The summed E-state index contributed by atoms with van der Waals surface area (Å²) in [6.07, 6.45) is 2.39. The number of benzene rings is 1. The third kappa shape index (κ3) is 4.81. The number of carbonyl (C=O) groups is 1. The molecule has 3 rings (SSSR count). The van der Waals surface area contributed by atoms with Crippen molar-refractivity contribution >= 4 is 22.9 Å². The first-order valence-electron chi connectivity index (χ1n) is 8.03. The number of nitrogens with zero attached hydrogens (tertiary/aromatic N) is 1. The van der Waals surface area contributed by atoms with Crippen LogP contribution in [0.3, 0.4) is 0 Å². The zero-order valence-electron chi connectivity index (χ0n) is 13.3. The molecule has 1 aromatic carbocycles. The molecule has 0 spiro atoms. The van der Waals surface area contributed by atoms with Crippen LogP contribution in [-0.4, -0.2) is 30.0 Å². The fraction of sp³-hybridized carbons (Fsp3) is 0.389. The van der Waals surface area contributed by atoms with E-state index >= 15 is 0 Å². The molecule has 1 aliphatic carbocycles. The van der Waals surface area contributed by atoms with Crippen LogP contribution in [-0.2, 0) is 11.3 Å². The molecule has 1 aromatic heterocycles. The highest BCUT2D eigenvalue weighted by molar-refractivity contribution is 7.09. The maximum atomic E-state index is 12.3. The van der Waals surface area contributed by atoms with Gasteiger partial charge in [0.05, 0.1) is 13.2 Å². The van der Waals surface area contributed by atoms with Crippen LogP contribution >= 0.6 is 11.3 Å². The van der Waals surface area contributed by atoms with E-state index in [0.717, 1.165) is 18.0 Å². The van der Waals surface area contributed by atoms with Gasteiger partial charge in [-0.1, -0.05) is 6.07 Å². The number of hydrogen-bond donors (Lipinski definition) is 1. The van der Waals surface area contributed by atoms with Gasteiger partial charge in [0.1, 0.15) is 5.75 Å². The minimum atomic E-state index is 0.0395. The first kappa shape index (κ1) is 16.0. The van der Waals surface area contributed by atoms with Crippen LogP contribution in [0.2, 0.25) is 0 Å². The van der Waals surface area contributed by atoms with Crippen LogP contribution in [0, 0.1) is 0 Å². The first-order chi connectivity index (χ1) is 11.2. The van der Waals surface area contributed by atoms with E-state index in [9.17, 15) is 4.79 Å². The molecule has 1 amide bonds. The maximum absolute atomic E-state index is 12.3. The van der Waals surface area contributed by atoms with Gasteiger partial charge in [-0.25, -0.2) is 0 Å². The summed E-state index contributed by atoms with van der Waals surface area (Å²) < 4.78 is 5.41. The summed E-state index contributed by atoms with van der Waals surface area (Å²) in [4.78, 5) is 15.9. The monoisotopic (exact) mass is 330 g/mol. The zero-order chi connectivity index (χ0) is 16.1. The molecule has 0 bridgehead atoms. The largest absolute Gasteiger partial charge is 0.494 e. The van der Waals surface area contributed by atoms with E-state index in [-0.39, 0.29) is 5.91 Å². The van der Waals surface area contributed by atoms with Crippen molar-refractivity contribution < 1.29 is 9.53 Å². The highest BCUT2D eigenvalue weighted by atomic mass is 32.1. The maximum Gasteiger partial charge on any atom is 0.238 e. The Morgan fingerprint density at radius 2 is 2.09 bits per heavy atom. The lowest BCUT2D eigenvalue weighted by Gasteiger charge is -2.20. The Bertz CT molecular complexity index is 621. The van der Waals surface area contributed by atoms with Crippen LogP contribution in [0.25, 0.3) is 0 Å². The highest BCUT2D eigenvalue weighted by Crippen LogP contribution is 2.29. The Morgan fingerprint density at radius 1 is 1.30 bits per heavy atom. The molecule has 1 aliphatic rings. The normalized spacial score (nSPS) is 14.0. The number of hydrogen-bond acceptors (Lipinski definition) is 4. The van der Waals surface area contributed by atoms with Crippen LogP contribution in [0.5, 0.6) is 5.75 Å². The summed E-state index contributed by atoms with van der Waals surface area (Å²) in [5, 5.41) is 5.05. The molecule has 122 valence electrons. The summed E-state index contributed by atoms with van der Waals surface area (Å²) >= 11 is 1.75. The van der Waals surface area contributed by atoms with Crippen LogP contribution in [0.15, 0.2) is 41.8 Å². The molecule has 1 heterocycles. The second kappa shape index (κ2) is 7.62. The Balaban J connectivity index is 1.54. The van der Waals surface area contributed by atoms with Gasteiger partial charge in [0.25, 0.3) is 0 Å². The summed E-state index contributed by atoms with van der Waals surface area (Å²) in [5.74, 6) is 0.861. The average molecular weight is 330 g/mol. The van der Waals surface area contributed by atoms with Crippen molar-refractivity contribution in [3.8, 4) is 5.75 Å². The van der Waals surface area contributed by atoms with Gasteiger partial charge in [-0.05, 0) is 55.5 Å². The number of anilines is 1. The Hall–Kier alpha value is -1.85. The summed E-state index contributed by atoms with van der Waals surface area (Å²) in [7, 11) is 0. The summed E-state index contributed by atoms with van der Waals surface area (Å²) in [6.45, 7) is 3.90. The second-order valence-corrected chi connectivity index (χ2v) is 6.75. The predicted molar refractivity (Wildman–Crippen MR) is 94.0 cm³/mol. The quantitative estimate of drug-likeness (QED) is 0.801. The molecule has 23 heavy (non-hydrogen) atoms. The van der Waals surface area contributed by atoms with Crippen LogP contribution < -0.4 is 10.1 Å². The van der Waals surface area contributed by atoms with E-state index in [2.05, 4.69) is 27.7 Å². The lowest BCUT2D eigenvalue weighted by atomic mass is 10.3. The van der Waals surface area contributed by atoms with Gasteiger partial charge in [-0.15, -0.1) is 11.3 Å². The SMILES string of the molecule is CCOc1ccc(NC(=O)CN(Cc2cccs2)C2CC2)cc1. The lowest BCUT2D eigenvalue weighted by molar-refractivity contribution is -0.117. The molecule has 0 unspecified atom stereocenters. The van der Waals surface area contributed by atoms with E-state index in [1.165, 1.54) is 17.7 Å². The van der Waals surface area contributed by atoms with Gasteiger partial charge in [-0.3, -0.25) is 9.69 Å². The number of carbonyl (C=O) groups excluding carboxylic acids is 1. The van der Waals surface area contributed by atoms with Crippen molar-refractivity contribution in [2.24, 2.45) is 0 Å². The number of nitrogens with one attached hydrogen (secondary N) is 1. The third-order valence-electron chi connectivity index (χ3n) is 3.80. The van der Waals surface area contributed by atoms with Gasteiger partial charge >= 0.3 is 0 Å². The predicted octanol–water partition coefficient (Wildman–Crippen LogP) is 3.75. The standard InChI is InChI=1S/C18H22N2O2S/c1-2-22-16-9-5-14(6-10-16)19-18(21)13-20(15-7-8-15)12-17-4-3-11-23-17/h3-6,9-11,15H,2,7-8,12-13H2,1H3,(H,19,21). The Morgan fingerprint density at radius 3 is 2.70 bits per heavy atom.